The van der Waals surface area contributed by atoms with Gasteiger partial charge in [-0.2, -0.15) is 0 Å². The van der Waals surface area contributed by atoms with Crippen LogP contribution in [0.15, 0.2) is 29.2 Å². The van der Waals surface area contributed by atoms with Crippen molar-refractivity contribution in [2.75, 3.05) is 11.9 Å². The molecule has 0 radical (unpaired) electrons. The topological polar surface area (TPSA) is 84.2 Å². The van der Waals surface area contributed by atoms with E-state index in [0.29, 0.717) is 17.4 Å². The molecule has 0 heterocycles. The lowest BCUT2D eigenvalue weighted by Gasteiger charge is -2.30. The first kappa shape index (κ1) is 14.8. The summed E-state index contributed by atoms with van der Waals surface area (Å²) in [5, 5.41) is 3.46. The Morgan fingerprint density at radius 1 is 1.19 bits per heavy atom. The second kappa shape index (κ2) is 5.26. The van der Waals surface area contributed by atoms with Gasteiger partial charge in [0.15, 0.2) is 0 Å². The summed E-state index contributed by atoms with van der Waals surface area (Å²) >= 11 is 0. The summed E-state index contributed by atoms with van der Waals surface area (Å²) in [6.07, 6.45) is 4.29. The summed E-state index contributed by atoms with van der Waals surface area (Å²) < 4.78 is 26.9. The van der Waals surface area contributed by atoms with Gasteiger partial charge in [0.1, 0.15) is 0 Å². The number of hydrogen-bond donors (Lipinski definition) is 3. The van der Waals surface area contributed by atoms with Crippen molar-refractivity contribution in [1.82, 2.24) is 4.72 Å². The summed E-state index contributed by atoms with van der Waals surface area (Å²) in [5.74, 6) is 0.613. The SMILES string of the molecule is CC(CN)(Nc1ccc(S(=O)(=O)NC2CC2)cc1)C1CC1. The molecular formula is C15H23N3O2S. The van der Waals surface area contributed by atoms with Gasteiger partial charge in [0, 0.05) is 23.8 Å². The zero-order valence-corrected chi connectivity index (χ0v) is 13.1. The summed E-state index contributed by atoms with van der Waals surface area (Å²) in [6, 6.07) is 7.06. The second-order valence-electron chi connectivity index (χ2n) is 6.44. The van der Waals surface area contributed by atoms with Crippen molar-refractivity contribution < 1.29 is 8.42 Å². The number of benzene rings is 1. The molecule has 5 nitrogen and oxygen atoms in total. The highest BCUT2D eigenvalue weighted by molar-refractivity contribution is 7.89. The minimum Gasteiger partial charge on any atom is -0.378 e. The molecule has 0 aromatic heterocycles. The standard InChI is InChI=1S/C15H23N3O2S/c1-15(10-16,11-2-3-11)17-12-6-8-14(9-7-12)21(19,20)18-13-4-5-13/h6-9,11,13,17-18H,2-5,10,16H2,1H3. The minimum atomic E-state index is -3.37. The molecule has 0 spiro atoms. The molecule has 0 bridgehead atoms. The molecular weight excluding hydrogens is 286 g/mol. The molecule has 2 saturated carbocycles. The van der Waals surface area contributed by atoms with Crippen molar-refractivity contribution in [3.05, 3.63) is 24.3 Å². The monoisotopic (exact) mass is 309 g/mol. The maximum atomic E-state index is 12.1. The van der Waals surface area contributed by atoms with E-state index in [4.69, 9.17) is 5.73 Å². The number of sulfonamides is 1. The van der Waals surface area contributed by atoms with Crippen LogP contribution in [0.3, 0.4) is 0 Å². The summed E-state index contributed by atoms with van der Waals surface area (Å²) in [5.41, 5.74) is 6.70. The summed E-state index contributed by atoms with van der Waals surface area (Å²) in [4.78, 5) is 0.320. The predicted octanol–water partition coefficient (Wildman–Crippen LogP) is 1.67. The van der Waals surface area contributed by atoms with E-state index in [1.807, 2.05) is 12.1 Å². The molecule has 1 aromatic carbocycles. The van der Waals surface area contributed by atoms with Gasteiger partial charge in [-0.3, -0.25) is 0 Å². The number of nitrogens with two attached hydrogens (primary N) is 1. The van der Waals surface area contributed by atoms with E-state index in [1.54, 1.807) is 12.1 Å². The Morgan fingerprint density at radius 3 is 2.29 bits per heavy atom. The van der Waals surface area contributed by atoms with Gasteiger partial charge >= 0.3 is 0 Å². The van der Waals surface area contributed by atoms with Crippen LogP contribution in [0.5, 0.6) is 0 Å². The molecule has 2 aliphatic carbocycles. The molecule has 4 N–H and O–H groups in total. The van der Waals surface area contributed by atoms with E-state index in [-0.39, 0.29) is 11.6 Å². The maximum absolute atomic E-state index is 12.1. The molecule has 6 heteroatoms. The lowest BCUT2D eigenvalue weighted by atomic mass is 9.95. The average Bonchev–Trinajstić information content (AvgIpc) is 3.32. The lowest BCUT2D eigenvalue weighted by Crippen LogP contribution is -2.44. The van der Waals surface area contributed by atoms with E-state index >= 15 is 0 Å². The molecule has 2 fully saturated rings. The zero-order chi connectivity index (χ0) is 15.1. The molecule has 1 aromatic rings. The highest BCUT2D eigenvalue weighted by Gasteiger charge is 2.40. The van der Waals surface area contributed by atoms with Gasteiger partial charge in [-0.1, -0.05) is 0 Å². The van der Waals surface area contributed by atoms with Gasteiger partial charge in [0.2, 0.25) is 10.0 Å². The fraction of sp³-hybridized carbons (Fsp3) is 0.600. The van der Waals surface area contributed by atoms with E-state index in [9.17, 15) is 8.42 Å². The van der Waals surface area contributed by atoms with Gasteiger partial charge in [-0.05, 0) is 62.8 Å². The van der Waals surface area contributed by atoms with Gasteiger partial charge in [0.05, 0.1) is 4.90 Å². The largest absolute Gasteiger partial charge is 0.378 e. The molecule has 21 heavy (non-hydrogen) atoms. The lowest BCUT2D eigenvalue weighted by molar-refractivity contribution is 0.459. The van der Waals surface area contributed by atoms with E-state index in [0.717, 1.165) is 18.5 Å². The predicted molar refractivity (Wildman–Crippen MR) is 83.6 cm³/mol. The van der Waals surface area contributed by atoms with Crippen LogP contribution >= 0.6 is 0 Å². The Morgan fingerprint density at radius 2 is 1.81 bits per heavy atom. The fourth-order valence-corrected chi connectivity index (χ4v) is 3.88. The number of nitrogens with one attached hydrogen (secondary N) is 2. The van der Waals surface area contributed by atoms with Crippen molar-refractivity contribution in [3.8, 4) is 0 Å². The van der Waals surface area contributed by atoms with Gasteiger partial charge in [-0.15, -0.1) is 0 Å². The van der Waals surface area contributed by atoms with Crippen LogP contribution in [0.1, 0.15) is 32.6 Å². The molecule has 2 aliphatic rings. The van der Waals surface area contributed by atoms with Crippen LogP contribution in [0.25, 0.3) is 0 Å². The van der Waals surface area contributed by atoms with Crippen molar-refractivity contribution in [3.63, 3.8) is 0 Å². The van der Waals surface area contributed by atoms with Crippen molar-refractivity contribution in [2.45, 2.75) is 49.1 Å². The molecule has 1 atom stereocenters. The highest BCUT2D eigenvalue weighted by Crippen LogP contribution is 2.40. The molecule has 0 amide bonds. The molecule has 116 valence electrons. The van der Waals surface area contributed by atoms with Crippen LogP contribution in [0, 0.1) is 5.92 Å². The van der Waals surface area contributed by atoms with Gasteiger partial charge < -0.3 is 11.1 Å². The third-order valence-corrected chi connectivity index (χ3v) is 5.93. The van der Waals surface area contributed by atoms with Crippen LogP contribution in [0.4, 0.5) is 5.69 Å². The van der Waals surface area contributed by atoms with E-state index in [1.165, 1.54) is 12.8 Å². The van der Waals surface area contributed by atoms with E-state index < -0.39 is 10.0 Å². The van der Waals surface area contributed by atoms with Crippen molar-refractivity contribution >= 4 is 15.7 Å². The average molecular weight is 309 g/mol. The minimum absolute atomic E-state index is 0.105. The first-order chi connectivity index (χ1) is 9.93. The van der Waals surface area contributed by atoms with Crippen LogP contribution in [-0.2, 0) is 10.0 Å². The Bertz CT molecular complexity index is 606. The third-order valence-electron chi connectivity index (χ3n) is 4.40. The third kappa shape index (κ3) is 3.39. The quantitative estimate of drug-likeness (QED) is 0.715. The molecule has 0 aliphatic heterocycles. The molecule has 3 rings (SSSR count). The van der Waals surface area contributed by atoms with Crippen molar-refractivity contribution in [2.24, 2.45) is 11.7 Å². The van der Waals surface area contributed by atoms with Crippen molar-refractivity contribution in [1.29, 1.82) is 0 Å². The molecule has 0 saturated heterocycles. The summed E-state index contributed by atoms with van der Waals surface area (Å²) in [6.45, 7) is 2.70. The number of hydrogen-bond acceptors (Lipinski definition) is 4. The van der Waals surface area contributed by atoms with Crippen LogP contribution in [-0.4, -0.2) is 26.5 Å². The van der Waals surface area contributed by atoms with Gasteiger partial charge in [0.25, 0.3) is 0 Å². The Hall–Kier alpha value is -1.11. The zero-order valence-electron chi connectivity index (χ0n) is 12.3. The van der Waals surface area contributed by atoms with Crippen LogP contribution in [0.2, 0.25) is 0 Å². The highest BCUT2D eigenvalue weighted by atomic mass is 32.2. The Labute approximate surface area is 126 Å². The smallest absolute Gasteiger partial charge is 0.240 e. The fourth-order valence-electron chi connectivity index (χ4n) is 2.58. The Kier molecular flexibility index (Phi) is 3.71. The first-order valence-corrected chi connectivity index (χ1v) is 9.02. The number of rotatable bonds is 7. The maximum Gasteiger partial charge on any atom is 0.240 e. The first-order valence-electron chi connectivity index (χ1n) is 7.54. The normalized spacial score (nSPS) is 21.8. The summed E-state index contributed by atoms with van der Waals surface area (Å²) in [7, 11) is -3.37. The second-order valence-corrected chi connectivity index (χ2v) is 8.15. The Balaban J connectivity index is 1.71. The van der Waals surface area contributed by atoms with Crippen LogP contribution < -0.4 is 15.8 Å². The van der Waals surface area contributed by atoms with Gasteiger partial charge in [-0.25, -0.2) is 13.1 Å². The van der Waals surface area contributed by atoms with E-state index in [2.05, 4.69) is 17.0 Å². The number of anilines is 1. The molecule has 1 unspecified atom stereocenters.